The molecule has 1 aromatic heterocycles. The van der Waals surface area contributed by atoms with E-state index >= 15 is 0 Å². The fourth-order valence-electron chi connectivity index (χ4n) is 2.18. The van der Waals surface area contributed by atoms with E-state index in [-0.39, 0.29) is 18.1 Å². The predicted octanol–water partition coefficient (Wildman–Crippen LogP) is 2.46. The van der Waals surface area contributed by atoms with Gasteiger partial charge in [0.15, 0.2) is 5.69 Å². The number of hydrogen-bond acceptors (Lipinski definition) is 4. The van der Waals surface area contributed by atoms with Crippen molar-refractivity contribution in [3.63, 3.8) is 0 Å². The molecule has 24 heavy (non-hydrogen) atoms. The molecule has 122 valence electrons. The highest BCUT2D eigenvalue weighted by Crippen LogP contribution is 2.18. The quantitative estimate of drug-likeness (QED) is 0.772. The molecular formula is C17H15FN4O2. The number of anilines is 1. The molecule has 0 aliphatic rings. The Bertz CT molecular complexity index is 875. The molecule has 0 unspecified atom stereocenters. The summed E-state index contributed by atoms with van der Waals surface area (Å²) in [6.07, 6.45) is 1.47. The summed E-state index contributed by atoms with van der Waals surface area (Å²) in [6.45, 7) is 1.75. The monoisotopic (exact) mass is 326 g/mol. The van der Waals surface area contributed by atoms with Crippen LogP contribution in [-0.2, 0) is 6.61 Å². The molecule has 0 saturated heterocycles. The van der Waals surface area contributed by atoms with Crippen molar-refractivity contribution >= 4 is 11.6 Å². The minimum absolute atomic E-state index is 0.107. The average molecular weight is 326 g/mol. The maximum atomic E-state index is 13.0. The average Bonchev–Trinajstić information content (AvgIpc) is 3.07. The number of carbonyl (C=O) groups excluding carboxylic acids is 1. The molecule has 1 amide bonds. The number of amides is 1. The molecule has 0 bridgehead atoms. The molecule has 2 aromatic carbocycles. The fraction of sp³-hybridized carbons (Fsp3) is 0.118. The van der Waals surface area contributed by atoms with Gasteiger partial charge < -0.3 is 10.4 Å². The number of benzene rings is 2. The fourth-order valence-corrected chi connectivity index (χ4v) is 2.18. The van der Waals surface area contributed by atoms with E-state index in [0.29, 0.717) is 16.9 Å². The number of aliphatic hydroxyl groups excluding tert-OH is 1. The Morgan fingerprint density at radius 2 is 2.00 bits per heavy atom. The summed E-state index contributed by atoms with van der Waals surface area (Å²) in [6, 6.07) is 11.0. The van der Waals surface area contributed by atoms with E-state index in [1.54, 1.807) is 24.3 Å². The lowest BCUT2D eigenvalue weighted by Gasteiger charge is -2.08. The second-order valence-corrected chi connectivity index (χ2v) is 5.29. The van der Waals surface area contributed by atoms with Gasteiger partial charge >= 0.3 is 0 Å². The van der Waals surface area contributed by atoms with E-state index in [1.165, 1.54) is 23.0 Å². The lowest BCUT2D eigenvalue weighted by Crippen LogP contribution is -2.13. The summed E-state index contributed by atoms with van der Waals surface area (Å²) in [5, 5.41) is 19.7. The third-order valence-corrected chi connectivity index (χ3v) is 3.55. The van der Waals surface area contributed by atoms with Crippen LogP contribution < -0.4 is 5.32 Å². The van der Waals surface area contributed by atoms with E-state index < -0.39 is 5.91 Å². The van der Waals surface area contributed by atoms with Gasteiger partial charge in [-0.05, 0) is 48.4 Å². The summed E-state index contributed by atoms with van der Waals surface area (Å²) in [5.74, 6) is -0.766. The molecule has 0 radical (unpaired) electrons. The van der Waals surface area contributed by atoms with Crippen molar-refractivity contribution in [2.45, 2.75) is 13.5 Å². The van der Waals surface area contributed by atoms with Crippen LogP contribution in [0.1, 0.15) is 21.6 Å². The normalized spacial score (nSPS) is 10.6. The van der Waals surface area contributed by atoms with Gasteiger partial charge in [-0.15, -0.1) is 5.10 Å². The van der Waals surface area contributed by atoms with Crippen molar-refractivity contribution < 1.29 is 14.3 Å². The van der Waals surface area contributed by atoms with E-state index in [1.807, 2.05) is 13.0 Å². The lowest BCUT2D eigenvalue weighted by atomic mass is 10.1. The number of nitrogens with one attached hydrogen (secondary N) is 1. The van der Waals surface area contributed by atoms with Crippen LogP contribution in [0.4, 0.5) is 10.1 Å². The van der Waals surface area contributed by atoms with Gasteiger partial charge in [0, 0.05) is 5.69 Å². The molecule has 1 heterocycles. The van der Waals surface area contributed by atoms with Crippen molar-refractivity contribution in [3.05, 3.63) is 71.3 Å². The highest BCUT2D eigenvalue weighted by Gasteiger charge is 2.13. The maximum Gasteiger partial charge on any atom is 0.277 e. The van der Waals surface area contributed by atoms with Gasteiger partial charge in [0.25, 0.3) is 5.91 Å². The van der Waals surface area contributed by atoms with Crippen molar-refractivity contribution in [3.8, 4) is 5.69 Å². The molecule has 7 heteroatoms. The van der Waals surface area contributed by atoms with E-state index in [2.05, 4.69) is 15.6 Å². The van der Waals surface area contributed by atoms with E-state index in [0.717, 1.165) is 5.56 Å². The summed E-state index contributed by atoms with van der Waals surface area (Å²) in [4.78, 5) is 12.3. The van der Waals surface area contributed by atoms with Crippen LogP contribution >= 0.6 is 0 Å². The van der Waals surface area contributed by atoms with Gasteiger partial charge in [-0.2, -0.15) is 0 Å². The molecule has 3 rings (SSSR count). The van der Waals surface area contributed by atoms with Gasteiger partial charge in [-0.3, -0.25) is 4.79 Å². The Morgan fingerprint density at radius 1 is 1.25 bits per heavy atom. The molecule has 0 aliphatic carbocycles. The Morgan fingerprint density at radius 3 is 2.71 bits per heavy atom. The van der Waals surface area contributed by atoms with Crippen LogP contribution in [0.5, 0.6) is 0 Å². The summed E-state index contributed by atoms with van der Waals surface area (Å²) in [5.41, 5.74) is 2.90. The summed E-state index contributed by atoms with van der Waals surface area (Å²) < 4.78 is 14.3. The van der Waals surface area contributed by atoms with Gasteiger partial charge in [0.05, 0.1) is 18.5 Å². The number of halogens is 1. The van der Waals surface area contributed by atoms with Gasteiger partial charge in [0.1, 0.15) is 5.82 Å². The number of nitrogens with zero attached hydrogens (tertiary/aromatic N) is 3. The van der Waals surface area contributed by atoms with Gasteiger partial charge in [-0.25, -0.2) is 9.07 Å². The second kappa shape index (κ2) is 6.59. The van der Waals surface area contributed by atoms with Crippen LogP contribution in [0, 0.1) is 12.7 Å². The van der Waals surface area contributed by atoms with E-state index in [9.17, 15) is 14.3 Å². The largest absolute Gasteiger partial charge is 0.392 e. The Balaban J connectivity index is 1.80. The topological polar surface area (TPSA) is 80.0 Å². The molecule has 0 spiro atoms. The zero-order chi connectivity index (χ0) is 17.1. The van der Waals surface area contributed by atoms with Crippen molar-refractivity contribution in [1.82, 2.24) is 15.0 Å². The predicted molar refractivity (Wildman–Crippen MR) is 86.4 cm³/mol. The molecule has 6 nitrogen and oxygen atoms in total. The summed E-state index contributed by atoms with van der Waals surface area (Å²) in [7, 11) is 0. The number of carbonyl (C=O) groups is 1. The zero-order valence-corrected chi connectivity index (χ0v) is 12.9. The molecule has 0 atom stereocenters. The van der Waals surface area contributed by atoms with Crippen LogP contribution in [0.25, 0.3) is 5.69 Å². The van der Waals surface area contributed by atoms with Crippen LogP contribution in [0.2, 0.25) is 0 Å². The zero-order valence-electron chi connectivity index (χ0n) is 12.9. The molecule has 2 N–H and O–H groups in total. The Kier molecular flexibility index (Phi) is 4.35. The molecular weight excluding hydrogens is 311 g/mol. The summed E-state index contributed by atoms with van der Waals surface area (Å²) >= 11 is 0. The van der Waals surface area contributed by atoms with Gasteiger partial charge in [-0.1, -0.05) is 17.3 Å². The number of aryl methyl sites for hydroxylation is 1. The SMILES string of the molecule is Cc1ccc(CO)cc1NC(=O)c1cn(-c2ccc(F)cc2)nn1. The first-order valence-electron chi connectivity index (χ1n) is 7.27. The minimum Gasteiger partial charge on any atom is -0.392 e. The number of hydrogen-bond donors (Lipinski definition) is 2. The highest BCUT2D eigenvalue weighted by atomic mass is 19.1. The van der Waals surface area contributed by atoms with Crippen LogP contribution in [-0.4, -0.2) is 26.0 Å². The lowest BCUT2D eigenvalue weighted by molar-refractivity contribution is 0.102. The van der Waals surface area contributed by atoms with Crippen molar-refractivity contribution in [1.29, 1.82) is 0 Å². The first-order valence-corrected chi connectivity index (χ1v) is 7.27. The maximum absolute atomic E-state index is 13.0. The first-order chi connectivity index (χ1) is 11.6. The molecule has 0 fully saturated rings. The number of aliphatic hydroxyl groups is 1. The third-order valence-electron chi connectivity index (χ3n) is 3.55. The third kappa shape index (κ3) is 3.31. The van der Waals surface area contributed by atoms with Gasteiger partial charge in [0.2, 0.25) is 0 Å². The Hall–Kier alpha value is -3.06. The smallest absolute Gasteiger partial charge is 0.277 e. The molecule has 0 saturated carbocycles. The Labute approximate surface area is 137 Å². The van der Waals surface area contributed by atoms with Crippen LogP contribution in [0.15, 0.2) is 48.7 Å². The van der Waals surface area contributed by atoms with Crippen molar-refractivity contribution in [2.75, 3.05) is 5.32 Å². The molecule has 3 aromatic rings. The van der Waals surface area contributed by atoms with Crippen LogP contribution in [0.3, 0.4) is 0 Å². The number of aromatic nitrogens is 3. The molecule has 0 aliphatic heterocycles. The highest BCUT2D eigenvalue weighted by molar-refractivity contribution is 6.03. The standard InChI is InChI=1S/C17H15FN4O2/c1-11-2-3-12(10-23)8-15(11)19-17(24)16-9-22(21-20-16)14-6-4-13(18)5-7-14/h2-9,23H,10H2,1H3,(H,19,24). The minimum atomic E-state index is -0.415. The van der Waals surface area contributed by atoms with E-state index in [4.69, 9.17) is 0 Å². The van der Waals surface area contributed by atoms with Crippen molar-refractivity contribution in [2.24, 2.45) is 0 Å². The second-order valence-electron chi connectivity index (χ2n) is 5.29. The number of rotatable bonds is 4. The first kappa shape index (κ1) is 15.8.